The zero-order valence-electron chi connectivity index (χ0n) is 36.8. The molecule has 1 aliphatic carbocycles. The molecule has 1 saturated carbocycles. The molecule has 0 aromatic heterocycles. The second-order valence-electron chi connectivity index (χ2n) is 17.8. The highest BCUT2D eigenvalue weighted by Crippen LogP contribution is 2.46. The number of hydrogen-bond acceptors (Lipinski definition) is 4. The van der Waals surface area contributed by atoms with Crippen molar-refractivity contribution in [1.29, 1.82) is 0 Å². The Bertz CT molecular complexity index is 3230. The minimum absolute atomic E-state index is 0.0897. The quantitative estimate of drug-likeness (QED) is 0.135. The van der Waals surface area contributed by atoms with E-state index in [9.17, 15) is 10.2 Å². The molecule has 11 rings (SSSR count). The number of rotatable bonds is 10. The second-order valence-corrected chi connectivity index (χ2v) is 17.8. The van der Waals surface area contributed by atoms with E-state index in [1.165, 1.54) is 11.1 Å². The number of aliphatic imine (C=N–C) groups is 2. The summed E-state index contributed by atoms with van der Waals surface area (Å²) < 4.78 is 0. The van der Waals surface area contributed by atoms with E-state index in [2.05, 4.69) is 170 Å². The lowest BCUT2D eigenvalue weighted by Gasteiger charge is -2.26. The lowest BCUT2D eigenvalue weighted by Crippen LogP contribution is -2.27. The van der Waals surface area contributed by atoms with Crippen molar-refractivity contribution < 1.29 is 10.2 Å². The molecule has 320 valence electrons. The summed E-state index contributed by atoms with van der Waals surface area (Å²) in [6.07, 6.45) is 9.12. The van der Waals surface area contributed by atoms with E-state index in [4.69, 9.17) is 9.98 Å². The third kappa shape index (κ3) is 7.90. The molecular weight excluding hydrogens is 805 g/mol. The van der Waals surface area contributed by atoms with Crippen LogP contribution in [-0.4, -0.2) is 34.7 Å². The minimum Gasteiger partial charge on any atom is -0.507 e. The third-order valence-corrected chi connectivity index (χ3v) is 13.6. The number of benzene rings is 10. The molecule has 0 saturated heterocycles. The molecule has 1 fully saturated rings. The number of phenols is 2. The summed E-state index contributed by atoms with van der Waals surface area (Å²) in [4.78, 5) is 10.5. The molecule has 0 aliphatic heterocycles. The van der Waals surface area contributed by atoms with Crippen LogP contribution in [0.3, 0.4) is 0 Å². The monoisotopic (exact) mass is 854 g/mol. The standard InChI is InChI=1S/C62H50N2O2/c65-61-49(37-45-23-9-13-27-53(45)59(61)57-47(35-41-17-3-1-4-18-41)33-31-43-21-7-11-25-51(43)57)39-63-55-29-15-16-30-56(55)64-40-50-38-46-24-10-14-28-54(46)60(62(50)66)58-48(36-42-19-5-2-6-20-42)34-32-44-22-8-12-26-52(44)58/h1-14,17-28,31-34,37-40,55-56,65-66H,15-16,29-30,35-36H2/t55-,56-/m0/s1. The first kappa shape index (κ1) is 40.9. The van der Waals surface area contributed by atoms with Crippen LogP contribution in [0.15, 0.2) is 204 Å². The first-order chi connectivity index (χ1) is 32.6. The largest absolute Gasteiger partial charge is 0.507 e. The van der Waals surface area contributed by atoms with Crippen LogP contribution in [-0.2, 0) is 12.8 Å². The summed E-state index contributed by atoms with van der Waals surface area (Å²) in [6.45, 7) is 0. The average Bonchev–Trinajstić information content (AvgIpc) is 3.36. The van der Waals surface area contributed by atoms with Crippen molar-refractivity contribution in [2.45, 2.75) is 50.6 Å². The number of nitrogens with zero attached hydrogens (tertiary/aromatic N) is 2. The molecular formula is C62H50N2O2. The van der Waals surface area contributed by atoms with Gasteiger partial charge in [0, 0.05) is 34.7 Å². The van der Waals surface area contributed by atoms with Crippen LogP contribution in [0.4, 0.5) is 0 Å². The molecule has 1 aliphatic rings. The van der Waals surface area contributed by atoms with Gasteiger partial charge in [-0.25, -0.2) is 0 Å². The van der Waals surface area contributed by atoms with Crippen molar-refractivity contribution in [3.63, 3.8) is 0 Å². The van der Waals surface area contributed by atoms with Crippen molar-refractivity contribution >= 4 is 55.5 Å². The molecule has 10 aromatic carbocycles. The summed E-state index contributed by atoms with van der Waals surface area (Å²) in [5.74, 6) is 0.459. The van der Waals surface area contributed by atoms with Gasteiger partial charge in [0.05, 0.1) is 12.1 Å². The summed E-state index contributed by atoms with van der Waals surface area (Å²) in [5, 5.41) is 33.6. The minimum atomic E-state index is -0.0897. The van der Waals surface area contributed by atoms with E-state index >= 15 is 0 Å². The van der Waals surface area contributed by atoms with Crippen molar-refractivity contribution in [1.82, 2.24) is 0 Å². The van der Waals surface area contributed by atoms with Gasteiger partial charge in [0.1, 0.15) is 11.5 Å². The topological polar surface area (TPSA) is 65.2 Å². The Kier molecular flexibility index (Phi) is 11.1. The Morgan fingerprint density at radius 3 is 1.14 bits per heavy atom. The molecule has 0 bridgehead atoms. The molecule has 0 amide bonds. The molecule has 0 heterocycles. The van der Waals surface area contributed by atoms with Crippen LogP contribution in [0.5, 0.6) is 11.5 Å². The van der Waals surface area contributed by atoms with Crippen LogP contribution < -0.4 is 0 Å². The van der Waals surface area contributed by atoms with Gasteiger partial charge in [0.25, 0.3) is 0 Å². The Morgan fingerprint density at radius 2 is 0.727 bits per heavy atom. The lowest BCUT2D eigenvalue weighted by atomic mass is 9.86. The predicted molar refractivity (Wildman–Crippen MR) is 277 cm³/mol. The SMILES string of the molecule is Oc1c(C=N[C@H]2CCCC[C@@H]2N=Cc2cc3ccccc3c(-c3c(Cc4ccccc4)ccc4ccccc34)c2O)cc2ccccc2c1-c1c(Cc2ccccc2)ccc2ccccc12. The van der Waals surface area contributed by atoms with Crippen LogP contribution >= 0.6 is 0 Å². The molecule has 2 N–H and O–H groups in total. The summed E-state index contributed by atoms with van der Waals surface area (Å²) in [5.41, 5.74) is 9.88. The van der Waals surface area contributed by atoms with Crippen molar-refractivity contribution in [3.8, 4) is 33.8 Å². The predicted octanol–water partition coefficient (Wildman–Crippen LogP) is 15.1. The van der Waals surface area contributed by atoms with Gasteiger partial charge in [-0.1, -0.05) is 195 Å². The summed E-state index contributed by atoms with van der Waals surface area (Å²) in [6, 6.07) is 67.5. The number of phenolic OH excluding ortho intramolecular Hbond substituents is 2. The molecule has 0 spiro atoms. The number of hydrogen-bond donors (Lipinski definition) is 2. The van der Waals surface area contributed by atoms with E-state index in [1.54, 1.807) is 0 Å². The maximum Gasteiger partial charge on any atom is 0.132 e. The van der Waals surface area contributed by atoms with Gasteiger partial charge in [-0.2, -0.15) is 0 Å². The van der Waals surface area contributed by atoms with Crippen LogP contribution in [0.1, 0.15) is 59.1 Å². The van der Waals surface area contributed by atoms with Crippen LogP contribution in [0.2, 0.25) is 0 Å². The zero-order valence-corrected chi connectivity index (χ0v) is 36.8. The van der Waals surface area contributed by atoms with Gasteiger partial charge in [-0.3, -0.25) is 9.98 Å². The fourth-order valence-corrected chi connectivity index (χ4v) is 10.4. The highest BCUT2D eigenvalue weighted by atomic mass is 16.3. The second kappa shape index (κ2) is 18.0. The first-order valence-corrected chi connectivity index (χ1v) is 23.2. The Hall–Kier alpha value is -7.82. The molecule has 0 unspecified atom stereocenters. The van der Waals surface area contributed by atoms with E-state index in [0.29, 0.717) is 11.1 Å². The Labute approximate surface area is 385 Å². The average molecular weight is 855 g/mol. The smallest absolute Gasteiger partial charge is 0.132 e. The molecule has 4 nitrogen and oxygen atoms in total. The van der Waals surface area contributed by atoms with Crippen LogP contribution in [0.25, 0.3) is 65.3 Å². The van der Waals surface area contributed by atoms with Gasteiger partial charge in [-0.15, -0.1) is 0 Å². The fraction of sp³-hybridized carbons (Fsp3) is 0.129. The Morgan fingerprint density at radius 1 is 0.379 bits per heavy atom. The van der Waals surface area contributed by atoms with Crippen molar-refractivity contribution in [2.24, 2.45) is 9.98 Å². The molecule has 4 heteroatoms. The zero-order chi connectivity index (χ0) is 44.4. The number of fused-ring (bicyclic) bond motifs is 4. The summed E-state index contributed by atoms with van der Waals surface area (Å²) >= 11 is 0. The first-order valence-electron chi connectivity index (χ1n) is 23.2. The summed E-state index contributed by atoms with van der Waals surface area (Å²) in [7, 11) is 0. The normalized spacial score (nSPS) is 15.5. The van der Waals surface area contributed by atoms with Gasteiger partial charge in [0.15, 0.2) is 0 Å². The highest BCUT2D eigenvalue weighted by Gasteiger charge is 2.26. The van der Waals surface area contributed by atoms with Crippen molar-refractivity contribution in [2.75, 3.05) is 0 Å². The number of aromatic hydroxyl groups is 2. The lowest BCUT2D eigenvalue weighted by molar-refractivity contribution is 0.390. The molecule has 0 radical (unpaired) electrons. The molecule has 2 atom stereocenters. The van der Waals surface area contributed by atoms with Gasteiger partial charge in [0.2, 0.25) is 0 Å². The van der Waals surface area contributed by atoms with E-state index in [0.717, 1.165) is 115 Å². The van der Waals surface area contributed by atoms with Gasteiger partial charge < -0.3 is 10.2 Å². The van der Waals surface area contributed by atoms with Gasteiger partial charge in [-0.05, 0) is 114 Å². The highest BCUT2D eigenvalue weighted by molar-refractivity contribution is 6.13. The van der Waals surface area contributed by atoms with E-state index < -0.39 is 0 Å². The van der Waals surface area contributed by atoms with Gasteiger partial charge >= 0.3 is 0 Å². The third-order valence-electron chi connectivity index (χ3n) is 13.6. The maximum atomic E-state index is 12.5. The molecule has 10 aromatic rings. The van der Waals surface area contributed by atoms with Crippen molar-refractivity contribution in [3.05, 3.63) is 228 Å². The molecule has 66 heavy (non-hydrogen) atoms. The van der Waals surface area contributed by atoms with E-state index in [-0.39, 0.29) is 23.6 Å². The fourth-order valence-electron chi connectivity index (χ4n) is 10.4. The Balaban J connectivity index is 0.983. The van der Waals surface area contributed by atoms with E-state index in [1.807, 2.05) is 36.7 Å². The van der Waals surface area contributed by atoms with Crippen LogP contribution in [0, 0.1) is 0 Å². The maximum absolute atomic E-state index is 12.5.